The molecule has 3 aromatic rings. The summed E-state index contributed by atoms with van der Waals surface area (Å²) >= 11 is 2.65. The van der Waals surface area contributed by atoms with Gasteiger partial charge in [0.1, 0.15) is 17.2 Å². The molecule has 4 nitrogen and oxygen atoms in total. The van der Waals surface area contributed by atoms with E-state index >= 15 is 0 Å². The van der Waals surface area contributed by atoms with Crippen molar-refractivity contribution < 1.29 is 22.7 Å². The molecule has 0 aliphatic carbocycles. The van der Waals surface area contributed by atoms with E-state index in [1.54, 1.807) is 28.8 Å². The molecule has 4 rings (SSSR count). The topological polar surface area (TPSA) is 42.4 Å². The van der Waals surface area contributed by atoms with Gasteiger partial charge in [-0.25, -0.2) is 18.2 Å². The van der Waals surface area contributed by atoms with Crippen molar-refractivity contribution in [2.24, 2.45) is 0 Å². The number of benzene rings is 2. The zero-order valence-corrected chi connectivity index (χ0v) is 18.3. The lowest BCUT2D eigenvalue weighted by Gasteiger charge is -2.23. The first kappa shape index (κ1) is 22.1. The molecule has 0 bridgehead atoms. The lowest BCUT2D eigenvalue weighted by Crippen LogP contribution is -2.37. The molecule has 0 saturated carbocycles. The minimum Gasteiger partial charge on any atom is -0.376 e. The highest BCUT2D eigenvalue weighted by Crippen LogP contribution is 2.32. The normalized spacial score (nSPS) is 16.2. The van der Waals surface area contributed by atoms with Gasteiger partial charge in [-0.3, -0.25) is 9.69 Å². The number of halogens is 3. The Morgan fingerprint density at radius 1 is 1.19 bits per heavy atom. The second-order valence-electron chi connectivity index (χ2n) is 7.28. The summed E-state index contributed by atoms with van der Waals surface area (Å²) in [5.74, 6) is -1.12. The number of hydrogen-bond donors (Lipinski definition) is 0. The van der Waals surface area contributed by atoms with Gasteiger partial charge in [0.25, 0.3) is 0 Å². The number of thioether (sulfide) groups is 1. The summed E-state index contributed by atoms with van der Waals surface area (Å²) in [6, 6.07) is 8.26. The molecule has 164 valence electrons. The van der Waals surface area contributed by atoms with Crippen molar-refractivity contribution in [2.75, 3.05) is 23.8 Å². The third-order valence-electron chi connectivity index (χ3n) is 4.96. The molecular formula is C22H21F3N2O2S2. The Morgan fingerprint density at radius 3 is 2.74 bits per heavy atom. The van der Waals surface area contributed by atoms with Crippen LogP contribution in [0.5, 0.6) is 0 Å². The molecule has 0 spiro atoms. The van der Waals surface area contributed by atoms with Crippen LogP contribution in [0.4, 0.5) is 18.3 Å². The van der Waals surface area contributed by atoms with Crippen molar-refractivity contribution in [3.8, 4) is 0 Å². The molecule has 1 aromatic heterocycles. The van der Waals surface area contributed by atoms with Crippen LogP contribution in [0.15, 0.2) is 41.3 Å². The van der Waals surface area contributed by atoms with E-state index in [9.17, 15) is 18.0 Å². The second-order valence-corrected chi connectivity index (χ2v) is 9.45. The fourth-order valence-electron chi connectivity index (χ4n) is 3.42. The molecule has 1 fully saturated rings. The molecule has 1 unspecified atom stereocenters. The van der Waals surface area contributed by atoms with Crippen LogP contribution >= 0.6 is 23.1 Å². The fourth-order valence-corrected chi connectivity index (χ4v) is 5.30. The summed E-state index contributed by atoms with van der Waals surface area (Å²) in [5, 5.41) is 0.353. The van der Waals surface area contributed by atoms with Gasteiger partial charge in [-0.05, 0) is 55.3 Å². The summed E-state index contributed by atoms with van der Waals surface area (Å²) in [6.45, 7) is 0.995. The Bertz CT molecular complexity index is 1050. The highest BCUT2D eigenvalue weighted by atomic mass is 32.2. The predicted octanol–water partition coefficient (Wildman–Crippen LogP) is 5.80. The predicted molar refractivity (Wildman–Crippen MR) is 117 cm³/mol. The lowest BCUT2D eigenvalue weighted by atomic mass is 10.2. The largest absolute Gasteiger partial charge is 0.376 e. The Morgan fingerprint density at radius 2 is 2.00 bits per heavy atom. The number of anilines is 1. The van der Waals surface area contributed by atoms with E-state index < -0.39 is 11.6 Å². The SMILES string of the molecule is O=C(CCCSc1ccc(F)cc1)N(CC1CCCO1)c1nc2c(F)cc(F)cc2s1. The first-order valence-corrected chi connectivity index (χ1v) is 11.9. The van der Waals surface area contributed by atoms with Crippen molar-refractivity contribution in [3.05, 3.63) is 53.8 Å². The summed E-state index contributed by atoms with van der Waals surface area (Å²) in [6.07, 6.45) is 2.59. The van der Waals surface area contributed by atoms with Gasteiger partial charge in [-0.2, -0.15) is 0 Å². The number of carbonyl (C=O) groups is 1. The zero-order valence-electron chi connectivity index (χ0n) is 16.7. The maximum absolute atomic E-state index is 14.1. The third kappa shape index (κ3) is 5.58. The molecule has 1 amide bonds. The molecule has 0 N–H and O–H groups in total. The average molecular weight is 467 g/mol. The van der Waals surface area contributed by atoms with Gasteiger partial charge in [0.2, 0.25) is 5.91 Å². The monoisotopic (exact) mass is 466 g/mol. The maximum atomic E-state index is 14.1. The van der Waals surface area contributed by atoms with Crippen LogP contribution in [-0.2, 0) is 9.53 Å². The summed E-state index contributed by atoms with van der Waals surface area (Å²) in [7, 11) is 0. The van der Waals surface area contributed by atoms with E-state index in [0.29, 0.717) is 35.2 Å². The Labute approximate surface area is 186 Å². The van der Waals surface area contributed by atoms with Crippen molar-refractivity contribution in [2.45, 2.75) is 36.7 Å². The molecule has 1 saturated heterocycles. The minimum absolute atomic E-state index is 0.0680. The molecule has 1 atom stereocenters. The molecule has 9 heteroatoms. The Hall–Kier alpha value is -2.10. The maximum Gasteiger partial charge on any atom is 0.228 e. The third-order valence-corrected chi connectivity index (χ3v) is 7.09. The number of carbonyl (C=O) groups excluding carboxylic acids is 1. The summed E-state index contributed by atoms with van der Waals surface area (Å²) in [5.41, 5.74) is 0.0680. The van der Waals surface area contributed by atoms with E-state index in [1.807, 2.05) is 0 Å². The van der Waals surface area contributed by atoms with Crippen LogP contribution in [0.3, 0.4) is 0 Å². The highest BCUT2D eigenvalue weighted by molar-refractivity contribution is 7.99. The fraction of sp³-hybridized carbons (Fsp3) is 0.364. The van der Waals surface area contributed by atoms with E-state index in [1.165, 1.54) is 18.2 Å². The number of thiazole rings is 1. The first-order chi connectivity index (χ1) is 15.0. The van der Waals surface area contributed by atoms with E-state index in [0.717, 1.165) is 35.1 Å². The summed E-state index contributed by atoms with van der Waals surface area (Å²) in [4.78, 5) is 19.8. The number of fused-ring (bicyclic) bond motifs is 1. The van der Waals surface area contributed by atoms with E-state index in [-0.39, 0.29) is 29.8 Å². The van der Waals surface area contributed by atoms with Gasteiger partial charge in [0, 0.05) is 24.0 Å². The molecule has 0 radical (unpaired) electrons. The van der Waals surface area contributed by atoms with Gasteiger partial charge in [-0.1, -0.05) is 11.3 Å². The number of ether oxygens (including phenoxy) is 1. The van der Waals surface area contributed by atoms with Crippen molar-refractivity contribution in [3.63, 3.8) is 0 Å². The van der Waals surface area contributed by atoms with Crippen LogP contribution in [0.1, 0.15) is 25.7 Å². The van der Waals surface area contributed by atoms with Gasteiger partial charge < -0.3 is 4.74 Å². The average Bonchev–Trinajstić information content (AvgIpc) is 3.40. The zero-order chi connectivity index (χ0) is 21.8. The number of aromatic nitrogens is 1. The van der Waals surface area contributed by atoms with Gasteiger partial charge in [0.05, 0.1) is 17.3 Å². The van der Waals surface area contributed by atoms with Crippen LogP contribution in [0, 0.1) is 17.5 Å². The minimum atomic E-state index is -0.738. The van der Waals surface area contributed by atoms with Gasteiger partial charge >= 0.3 is 0 Å². The molecule has 2 heterocycles. The standard InChI is InChI=1S/C22H21F3N2O2S2/c23-14-5-7-17(8-6-14)30-10-2-4-20(28)27(13-16-3-1-9-29-16)22-26-21-18(25)11-15(24)12-19(21)31-22/h5-8,11-12,16H,1-4,9-10,13H2. The van der Waals surface area contributed by atoms with Crippen LogP contribution in [0.25, 0.3) is 10.2 Å². The van der Waals surface area contributed by atoms with E-state index in [2.05, 4.69) is 4.98 Å². The summed E-state index contributed by atoms with van der Waals surface area (Å²) < 4.78 is 46.7. The number of amides is 1. The van der Waals surface area contributed by atoms with Crippen molar-refractivity contribution >= 4 is 44.4 Å². The van der Waals surface area contributed by atoms with Crippen LogP contribution in [0.2, 0.25) is 0 Å². The second kappa shape index (κ2) is 10.0. The highest BCUT2D eigenvalue weighted by Gasteiger charge is 2.26. The van der Waals surface area contributed by atoms with E-state index in [4.69, 9.17) is 4.74 Å². The molecule has 31 heavy (non-hydrogen) atoms. The van der Waals surface area contributed by atoms with Crippen LogP contribution in [-0.4, -0.2) is 35.9 Å². The Balaban J connectivity index is 1.44. The molecule has 2 aromatic carbocycles. The molecule has 1 aliphatic rings. The number of hydrogen-bond acceptors (Lipinski definition) is 5. The number of rotatable bonds is 8. The molecular weight excluding hydrogens is 445 g/mol. The first-order valence-electron chi connectivity index (χ1n) is 10.1. The lowest BCUT2D eigenvalue weighted by molar-refractivity contribution is -0.119. The Kier molecular flexibility index (Phi) is 7.14. The van der Waals surface area contributed by atoms with Crippen molar-refractivity contribution in [1.29, 1.82) is 0 Å². The number of nitrogens with zero attached hydrogens (tertiary/aromatic N) is 2. The van der Waals surface area contributed by atoms with Crippen molar-refractivity contribution in [1.82, 2.24) is 4.98 Å². The quantitative estimate of drug-likeness (QED) is 0.311. The molecule has 1 aliphatic heterocycles. The van der Waals surface area contributed by atoms with Gasteiger partial charge in [-0.15, -0.1) is 11.8 Å². The van der Waals surface area contributed by atoms with Gasteiger partial charge in [0.15, 0.2) is 10.9 Å². The van der Waals surface area contributed by atoms with Crippen LogP contribution < -0.4 is 4.90 Å². The smallest absolute Gasteiger partial charge is 0.228 e.